The highest BCUT2D eigenvalue weighted by molar-refractivity contribution is 6.33. The predicted octanol–water partition coefficient (Wildman–Crippen LogP) is 8.61. The summed E-state index contributed by atoms with van der Waals surface area (Å²) in [5.74, 6) is 0. The summed E-state index contributed by atoms with van der Waals surface area (Å²) in [6.07, 6.45) is 0. The molecule has 0 aliphatic heterocycles. The molecule has 0 atom stereocenters. The molecule has 0 unspecified atom stereocenters. The standard InChI is InChI=1S/C30H18/c1-2-8-20-16-27-23(15-19(20)7-1)13-14-26-24-11-5-6-12-25(24)28-17-21-9-3-4-10-22(21)18-29(28)30(26)27/h1-18H. The highest BCUT2D eigenvalue weighted by Gasteiger charge is 2.12. The lowest BCUT2D eigenvalue weighted by Crippen LogP contribution is -1.86. The fourth-order valence-electron chi connectivity index (χ4n) is 5.15. The quantitative estimate of drug-likeness (QED) is 0.183. The van der Waals surface area contributed by atoms with Crippen molar-refractivity contribution in [3.05, 3.63) is 109 Å². The molecule has 0 N–H and O–H groups in total. The van der Waals surface area contributed by atoms with Gasteiger partial charge in [0.2, 0.25) is 0 Å². The van der Waals surface area contributed by atoms with Gasteiger partial charge < -0.3 is 0 Å². The first-order valence-corrected chi connectivity index (χ1v) is 10.5. The minimum atomic E-state index is 1.29. The molecule has 138 valence electrons. The highest BCUT2D eigenvalue weighted by Crippen LogP contribution is 2.41. The van der Waals surface area contributed by atoms with Crippen LogP contribution in [0.1, 0.15) is 0 Å². The number of hydrogen-bond donors (Lipinski definition) is 0. The van der Waals surface area contributed by atoms with Gasteiger partial charge in [-0.25, -0.2) is 0 Å². The van der Waals surface area contributed by atoms with Crippen molar-refractivity contribution in [2.24, 2.45) is 0 Å². The van der Waals surface area contributed by atoms with Gasteiger partial charge in [0.25, 0.3) is 0 Å². The Morgan fingerprint density at radius 2 is 0.767 bits per heavy atom. The van der Waals surface area contributed by atoms with Gasteiger partial charge >= 0.3 is 0 Å². The first-order valence-electron chi connectivity index (χ1n) is 10.5. The maximum atomic E-state index is 2.38. The van der Waals surface area contributed by atoms with Crippen LogP contribution >= 0.6 is 0 Å². The van der Waals surface area contributed by atoms with Gasteiger partial charge in [0.1, 0.15) is 0 Å². The average Bonchev–Trinajstić information content (AvgIpc) is 2.81. The Hall–Kier alpha value is -3.90. The lowest BCUT2D eigenvalue weighted by molar-refractivity contribution is 1.78. The zero-order valence-electron chi connectivity index (χ0n) is 16.4. The van der Waals surface area contributed by atoms with Crippen LogP contribution in [0.4, 0.5) is 0 Å². The lowest BCUT2D eigenvalue weighted by atomic mass is 9.89. The van der Waals surface area contributed by atoms with Crippen molar-refractivity contribution in [1.82, 2.24) is 0 Å². The van der Waals surface area contributed by atoms with Gasteiger partial charge in [-0.05, 0) is 88.9 Å². The molecule has 0 saturated heterocycles. The fraction of sp³-hybridized carbons (Fsp3) is 0. The maximum Gasteiger partial charge on any atom is -0.00199 e. The number of rotatable bonds is 0. The van der Waals surface area contributed by atoms with Crippen LogP contribution in [0.3, 0.4) is 0 Å². The van der Waals surface area contributed by atoms with E-state index in [1.54, 1.807) is 0 Å². The highest BCUT2D eigenvalue weighted by atomic mass is 14.2. The molecule has 0 amide bonds. The molecular weight excluding hydrogens is 360 g/mol. The summed E-state index contributed by atoms with van der Waals surface area (Å²) in [6.45, 7) is 0. The Bertz CT molecular complexity index is 1790. The number of hydrogen-bond acceptors (Lipinski definition) is 0. The molecular formula is C30H18. The summed E-state index contributed by atoms with van der Waals surface area (Å²) in [5, 5.41) is 15.8. The zero-order valence-corrected chi connectivity index (χ0v) is 16.4. The molecule has 0 heterocycles. The predicted molar refractivity (Wildman–Crippen MR) is 131 cm³/mol. The molecule has 30 heavy (non-hydrogen) atoms. The second-order valence-electron chi connectivity index (χ2n) is 8.20. The van der Waals surface area contributed by atoms with Crippen LogP contribution in [-0.2, 0) is 0 Å². The van der Waals surface area contributed by atoms with E-state index in [2.05, 4.69) is 109 Å². The van der Waals surface area contributed by atoms with Crippen molar-refractivity contribution < 1.29 is 0 Å². The molecule has 7 aromatic carbocycles. The zero-order chi connectivity index (χ0) is 19.7. The third-order valence-corrected chi connectivity index (χ3v) is 6.55. The van der Waals surface area contributed by atoms with E-state index in [0.717, 1.165) is 0 Å². The molecule has 0 heteroatoms. The van der Waals surface area contributed by atoms with Crippen molar-refractivity contribution in [3.8, 4) is 0 Å². The van der Waals surface area contributed by atoms with Crippen molar-refractivity contribution in [2.75, 3.05) is 0 Å². The average molecular weight is 378 g/mol. The molecule has 0 radical (unpaired) electrons. The van der Waals surface area contributed by atoms with E-state index in [-0.39, 0.29) is 0 Å². The van der Waals surface area contributed by atoms with Gasteiger partial charge in [-0.2, -0.15) is 0 Å². The molecule has 0 bridgehead atoms. The van der Waals surface area contributed by atoms with Crippen LogP contribution in [0.15, 0.2) is 109 Å². The van der Waals surface area contributed by atoms with Gasteiger partial charge in [-0.3, -0.25) is 0 Å². The third-order valence-electron chi connectivity index (χ3n) is 6.55. The molecule has 0 fully saturated rings. The molecule has 0 aliphatic carbocycles. The minimum absolute atomic E-state index is 1.29. The molecule has 7 rings (SSSR count). The molecule has 7 aromatic rings. The van der Waals surface area contributed by atoms with E-state index in [4.69, 9.17) is 0 Å². The van der Waals surface area contributed by atoms with Gasteiger partial charge in [-0.15, -0.1) is 0 Å². The smallest absolute Gasteiger partial charge is 0.00199 e. The van der Waals surface area contributed by atoms with E-state index in [1.807, 2.05) is 0 Å². The molecule has 0 saturated carbocycles. The largest absolute Gasteiger partial charge is 0.0616 e. The van der Waals surface area contributed by atoms with E-state index in [0.29, 0.717) is 0 Å². The van der Waals surface area contributed by atoms with Crippen LogP contribution in [0.25, 0.3) is 64.6 Å². The summed E-state index contributed by atoms with van der Waals surface area (Å²) in [7, 11) is 0. The van der Waals surface area contributed by atoms with Gasteiger partial charge in [0.05, 0.1) is 0 Å². The Morgan fingerprint density at radius 1 is 0.267 bits per heavy atom. The number of benzene rings is 7. The molecule has 0 spiro atoms. The van der Waals surface area contributed by atoms with Crippen LogP contribution in [0.5, 0.6) is 0 Å². The Morgan fingerprint density at radius 3 is 1.43 bits per heavy atom. The van der Waals surface area contributed by atoms with E-state index in [9.17, 15) is 0 Å². The van der Waals surface area contributed by atoms with E-state index < -0.39 is 0 Å². The summed E-state index contributed by atoms with van der Waals surface area (Å²) >= 11 is 0. The minimum Gasteiger partial charge on any atom is -0.0616 e. The maximum absolute atomic E-state index is 2.38. The summed E-state index contributed by atoms with van der Waals surface area (Å²) in [6, 6.07) is 40.2. The van der Waals surface area contributed by atoms with Gasteiger partial charge in [-0.1, -0.05) is 84.9 Å². The Kier molecular flexibility index (Phi) is 3.09. The molecule has 0 aliphatic rings. The second-order valence-corrected chi connectivity index (χ2v) is 8.20. The first kappa shape index (κ1) is 16.0. The van der Waals surface area contributed by atoms with Crippen LogP contribution in [0.2, 0.25) is 0 Å². The van der Waals surface area contributed by atoms with Crippen molar-refractivity contribution in [3.63, 3.8) is 0 Å². The Balaban J connectivity index is 1.83. The van der Waals surface area contributed by atoms with Crippen molar-refractivity contribution in [1.29, 1.82) is 0 Å². The topological polar surface area (TPSA) is 0 Å². The van der Waals surface area contributed by atoms with Crippen molar-refractivity contribution >= 4 is 64.6 Å². The van der Waals surface area contributed by atoms with Crippen LogP contribution in [0, 0.1) is 0 Å². The number of fused-ring (bicyclic) bond motifs is 10. The second kappa shape index (κ2) is 5.81. The lowest BCUT2D eigenvalue weighted by Gasteiger charge is -2.14. The SMILES string of the molecule is c1ccc2cc3c(ccc4c5ccccc5c5cc6ccccc6cc5c34)cc2c1. The van der Waals surface area contributed by atoms with Gasteiger partial charge in [0.15, 0.2) is 0 Å². The summed E-state index contributed by atoms with van der Waals surface area (Å²) < 4.78 is 0. The van der Waals surface area contributed by atoms with Crippen molar-refractivity contribution in [2.45, 2.75) is 0 Å². The molecule has 0 nitrogen and oxygen atoms in total. The van der Waals surface area contributed by atoms with Crippen LogP contribution < -0.4 is 0 Å². The first-order chi connectivity index (χ1) is 14.9. The van der Waals surface area contributed by atoms with E-state index in [1.165, 1.54) is 64.6 Å². The Labute approximate surface area is 174 Å². The molecule has 0 aromatic heterocycles. The summed E-state index contributed by atoms with van der Waals surface area (Å²) in [4.78, 5) is 0. The third kappa shape index (κ3) is 2.11. The van der Waals surface area contributed by atoms with Crippen LogP contribution in [-0.4, -0.2) is 0 Å². The van der Waals surface area contributed by atoms with Gasteiger partial charge in [0, 0.05) is 0 Å². The summed E-state index contributed by atoms with van der Waals surface area (Å²) in [5.41, 5.74) is 0. The normalized spacial score (nSPS) is 12.0. The monoisotopic (exact) mass is 378 g/mol. The van der Waals surface area contributed by atoms with E-state index >= 15 is 0 Å². The fourth-order valence-corrected chi connectivity index (χ4v) is 5.15.